The molecule has 0 radical (unpaired) electrons. The van der Waals surface area contributed by atoms with Crippen molar-refractivity contribution < 1.29 is 14.0 Å². The van der Waals surface area contributed by atoms with Crippen LogP contribution in [0.1, 0.15) is 10.5 Å². The minimum atomic E-state index is -0.669. The van der Waals surface area contributed by atoms with Gasteiger partial charge >= 0.3 is 0 Å². The van der Waals surface area contributed by atoms with Gasteiger partial charge in [0.25, 0.3) is 5.91 Å². The molecule has 5 nitrogen and oxygen atoms in total. The predicted octanol–water partition coefficient (Wildman–Crippen LogP) is 1.72. The van der Waals surface area contributed by atoms with E-state index in [-0.39, 0.29) is 11.6 Å². The Labute approximate surface area is 121 Å². The summed E-state index contributed by atoms with van der Waals surface area (Å²) >= 11 is 0. The second-order valence-corrected chi connectivity index (χ2v) is 4.95. The second kappa shape index (κ2) is 5.05. The van der Waals surface area contributed by atoms with Gasteiger partial charge in [0, 0.05) is 13.2 Å². The molecule has 2 amide bonds. The maximum Gasteiger partial charge on any atom is 0.270 e. The fourth-order valence-corrected chi connectivity index (χ4v) is 2.44. The Hall–Kier alpha value is -2.63. The Morgan fingerprint density at radius 2 is 2.05 bits per heavy atom. The zero-order chi connectivity index (χ0) is 15.0. The molecule has 1 aromatic carbocycles. The Kier molecular flexibility index (Phi) is 3.21. The molecule has 1 unspecified atom stereocenters. The highest BCUT2D eigenvalue weighted by Crippen LogP contribution is 2.19. The molecule has 1 aliphatic rings. The summed E-state index contributed by atoms with van der Waals surface area (Å²) in [5.41, 5.74) is 0.661. The first-order valence-electron chi connectivity index (χ1n) is 6.55. The molecule has 1 atom stereocenters. The van der Waals surface area contributed by atoms with Gasteiger partial charge in [-0.25, -0.2) is 4.39 Å². The average Bonchev–Trinajstić information content (AvgIpc) is 2.93. The van der Waals surface area contributed by atoms with E-state index in [0.29, 0.717) is 12.2 Å². The molecule has 0 saturated heterocycles. The summed E-state index contributed by atoms with van der Waals surface area (Å²) in [4.78, 5) is 25.9. The van der Waals surface area contributed by atoms with Gasteiger partial charge in [0.1, 0.15) is 17.6 Å². The van der Waals surface area contributed by atoms with Gasteiger partial charge in [0.2, 0.25) is 5.91 Å². The first-order chi connectivity index (χ1) is 10.1. The molecule has 21 heavy (non-hydrogen) atoms. The molecular weight excluding hydrogens is 273 g/mol. The Balaban J connectivity index is 1.83. The van der Waals surface area contributed by atoms with Crippen LogP contribution in [0.4, 0.5) is 10.1 Å². The normalized spacial score (nSPS) is 17.5. The van der Waals surface area contributed by atoms with E-state index in [9.17, 15) is 14.0 Å². The summed E-state index contributed by atoms with van der Waals surface area (Å²) in [6, 6.07) is 8.75. The Morgan fingerprint density at radius 3 is 2.81 bits per heavy atom. The number of hydrogen-bond acceptors (Lipinski definition) is 2. The first kappa shape index (κ1) is 13.4. The molecule has 6 heteroatoms. The van der Waals surface area contributed by atoms with E-state index in [1.54, 1.807) is 42.1 Å². The molecule has 108 valence electrons. The molecule has 0 bridgehead atoms. The first-order valence-corrected chi connectivity index (χ1v) is 6.55. The highest BCUT2D eigenvalue weighted by atomic mass is 19.1. The van der Waals surface area contributed by atoms with Crippen molar-refractivity contribution in [2.75, 3.05) is 12.4 Å². The summed E-state index contributed by atoms with van der Waals surface area (Å²) in [7, 11) is 1.57. The fraction of sp³-hybridized carbons (Fsp3) is 0.200. The maximum absolute atomic E-state index is 13.6. The van der Waals surface area contributed by atoms with Crippen LogP contribution in [-0.2, 0) is 11.3 Å². The van der Waals surface area contributed by atoms with Crippen molar-refractivity contribution in [3.8, 4) is 0 Å². The SMILES string of the molecule is CN1C(=O)c2cccn2CC1C(=O)Nc1ccccc1F. The Bertz CT molecular complexity index is 710. The van der Waals surface area contributed by atoms with Crippen LogP contribution in [-0.4, -0.2) is 34.4 Å². The number of hydrogen-bond donors (Lipinski definition) is 1. The van der Waals surface area contributed by atoms with Crippen LogP contribution in [0, 0.1) is 5.82 Å². The van der Waals surface area contributed by atoms with Crippen LogP contribution >= 0.6 is 0 Å². The van der Waals surface area contributed by atoms with Crippen molar-refractivity contribution in [1.29, 1.82) is 0 Å². The number of halogens is 1. The number of carbonyl (C=O) groups excluding carboxylic acids is 2. The van der Waals surface area contributed by atoms with E-state index in [2.05, 4.69) is 5.32 Å². The number of nitrogens with zero attached hydrogens (tertiary/aromatic N) is 2. The molecular formula is C15H14FN3O2. The molecule has 3 rings (SSSR count). The predicted molar refractivity (Wildman–Crippen MR) is 75.3 cm³/mol. The lowest BCUT2D eigenvalue weighted by Gasteiger charge is -2.32. The number of amides is 2. The Morgan fingerprint density at radius 1 is 1.29 bits per heavy atom. The smallest absolute Gasteiger partial charge is 0.270 e. The largest absolute Gasteiger partial charge is 0.341 e. The zero-order valence-electron chi connectivity index (χ0n) is 11.4. The second-order valence-electron chi connectivity index (χ2n) is 4.95. The molecule has 0 saturated carbocycles. The van der Waals surface area contributed by atoms with Crippen LogP contribution in [0.25, 0.3) is 0 Å². The minimum Gasteiger partial charge on any atom is -0.341 e. The molecule has 0 spiro atoms. The summed E-state index contributed by atoms with van der Waals surface area (Å²) in [6.45, 7) is 0.352. The number of benzene rings is 1. The van der Waals surface area contributed by atoms with Gasteiger partial charge in [-0.3, -0.25) is 9.59 Å². The van der Waals surface area contributed by atoms with Crippen molar-refractivity contribution in [2.45, 2.75) is 12.6 Å². The van der Waals surface area contributed by atoms with Gasteiger partial charge in [-0.15, -0.1) is 0 Å². The van der Waals surface area contributed by atoms with Gasteiger partial charge in [-0.1, -0.05) is 12.1 Å². The third kappa shape index (κ3) is 2.29. The number of rotatable bonds is 2. The molecule has 0 fully saturated rings. The number of nitrogens with one attached hydrogen (secondary N) is 1. The van der Waals surface area contributed by atoms with Crippen molar-refractivity contribution in [3.05, 3.63) is 54.1 Å². The average molecular weight is 287 g/mol. The fourth-order valence-electron chi connectivity index (χ4n) is 2.44. The van der Waals surface area contributed by atoms with Crippen LogP contribution in [0.3, 0.4) is 0 Å². The van der Waals surface area contributed by atoms with Gasteiger partial charge in [0.05, 0.1) is 12.2 Å². The summed E-state index contributed by atoms with van der Waals surface area (Å²) < 4.78 is 15.3. The lowest BCUT2D eigenvalue weighted by atomic mass is 10.1. The summed E-state index contributed by atoms with van der Waals surface area (Å²) in [5, 5.41) is 2.53. The lowest BCUT2D eigenvalue weighted by Crippen LogP contribution is -2.51. The molecule has 2 heterocycles. The number of carbonyl (C=O) groups is 2. The van der Waals surface area contributed by atoms with E-state index in [0.717, 1.165) is 0 Å². The number of para-hydroxylation sites is 1. The van der Waals surface area contributed by atoms with Crippen LogP contribution in [0.5, 0.6) is 0 Å². The van der Waals surface area contributed by atoms with E-state index in [4.69, 9.17) is 0 Å². The van der Waals surface area contributed by atoms with Crippen LogP contribution < -0.4 is 5.32 Å². The number of fused-ring (bicyclic) bond motifs is 1. The maximum atomic E-state index is 13.6. The number of anilines is 1. The van der Waals surface area contributed by atoms with E-state index in [1.165, 1.54) is 17.0 Å². The van der Waals surface area contributed by atoms with Crippen molar-refractivity contribution >= 4 is 17.5 Å². The highest BCUT2D eigenvalue weighted by Gasteiger charge is 2.34. The van der Waals surface area contributed by atoms with Gasteiger partial charge in [0.15, 0.2) is 0 Å². The summed E-state index contributed by atoms with van der Waals surface area (Å²) in [6.07, 6.45) is 1.75. The van der Waals surface area contributed by atoms with Gasteiger partial charge in [-0.05, 0) is 24.3 Å². The lowest BCUT2D eigenvalue weighted by molar-refractivity contribution is -0.121. The third-order valence-electron chi connectivity index (χ3n) is 3.64. The van der Waals surface area contributed by atoms with Gasteiger partial charge < -0.3 is 14.8 Å². The highest BCUT2D eigenvalue weighted by molar-refractivity contribution is 6.01. The van der Waals surface area contributed by atoms with E-state index < -0.39 is 17.8 Å². The van der Waals surface area contributed by atoms with Gasteiger partial charge in [-0.2, -0.15) is 0 Å². The number of aromatic nitrogens is 1. The molecule has 1 N–H and O–H groups in total. The standard InChI is InChI=1S/C15H14FN3O2/c1-18-13(9-19-8-4-7-12(19)15(18)21)14(20)17-11-6-3-2-5-10(11)16/h2-8,13H,9H2,1H3,(H,17,20). The monoisotopic (exact) mass is 287 g/mol. The van der Waals surface area contributed by atoms with Crippen LogP contribution in [0.2, 0.25) is 0 Å². The van der Waals surface area contributed by atoms with Crippen molar-refractivity contribution in [1.82, 2.24) is 9.47 Å². The number of likely N-dealkylation sites (N-methyl/N-ethyl adjacent to an activating group) is 1. The van der Waals surface area contributed by atoms with Crippen molar-refractivity contribution in [2.24, 2.45) is 0 Å². The third-order valence-corrected chi connectivity index (χ3v) is 3.64. The quantitative estimate of drug-likeness (QED) is 0.914. The van der Waals surface area contributed by atoms with E-state index in [1.807, 2.05) is 0 Å². The van der Waals surface area contributed by atoms with Crippen molar-refractivity contribution in [3.63, 3.8) is 0 Å². The molecule has 1 aromatic heterocycles. The molecule has 1 aliphatic heterocycles. The van der Waals surface area contributed by atoms with E-state index >= 15 is 0 Å². The minimum absolute atomic E-state index is 0.113. The summed E-state index contributed by atoms with van der Waals surface area (Å²) in [5.74, 6) is -1.13. The topological polar surface area (TPSA) is 54.3 Å². The zero-order valence-corrected chi connectivity index (χ0v) is 11.4. The molecule has 2 aromatic rings. The van der Waals surface area contributed by atoms with Crippen LogP contribution in [0.15, 0.2) is 42.6 Å². The molecule has 0 aliphatic carbocycles.